The van der Waals surface area contributed by atoms with E-state index in [1.807, 2.05) is 0 Å². The highest BCUT2D eigenvalue weighted by atomic mass is 16.5. The number of Topliss-reactive ketones (excluding diaryl/α,β-unsaturated/α-hetero) is 2. The molecule has 0 radical (unpaired) electrons. The first kappa shape index (κ1) is 25.7. The molecule has 0 bridgehead atoms. The highest BCUT2D eigenvalue weighted by molar-refractivity contribution is 5.82. The Bertz CT molecular complexity index is 706. The molecule has 0 aliphatic carbocycles. The van der Waals surface area contributed by atoms with Crippen molar-refractivity contribution in [3.63, 3.8) is 0 Å². The average molecular weight is 495 g/mol. The molecule has 0 amide bonds. The summed E-state index contributed by atoms with van der Waals surface area (Å²) in [5.74, 6) is 0.705. The summed E-state index contributed by atoms with van der Waals surface area (Å²) < 4.78 is 21.6. The second-order valence-electron chi connectivity index (χ2n) is 11.7. The van der Waals surface area contributed by atoms with E-state index in [0.29, 0.717) is 57.9 Å². The van der Waals surface area contributed by atoms with Crippen LogP contribution in [0.15, 0.2) is 0 Å². The monoisotopic (exact) mass is 494 g/mol. The number of rotatable bonds is 0. The van der Waals surface area contributed by atoms with Crippen LogP contribution in [0, 0.1) is 0 Å². The van der Waals surface area contributed by atoms with E-state index in [1.54, 1.807) is 0 Å². The fourth-order valence-electron chi connectivity index (χ4n) is 7.33. The molecule has 6 rings (SSSR count). The molecule has 0 saturated carbocycles. The van der Waals surface area contributed by atoms with Gasteiger partial charge in [0.2, 0.25) is 0 Å². The quantitative estimate of drug-likeness (QED) is 0.524. The van der Waals surface area contributed by atoms with Crippen LogP contribution in [0.3, 0.4) is 0 Å². The molecular formula is C26H42N2O7. The zero-order chi connectivity index (χ0) is 24.4. The van der Waals surface area contributed by atoms with Crippen molar-refractivity contribution < 1.29 is 33.7 Å². The third kappa shape index (κ3) is 5.37. The van der Waals surface area contributed by atoms with Crippen LogP contribution in [-0.2, 0) is 28.5 Å². The van der Waals surface area contributed by atoms with Crippen LogP contribution in [0.4, 0.5) is 0 Å². The van der Waals surface area contributed by atoms with Crippen LogP contribution < -0.4 is 5.32 Å². The molecule has 0 aromatic rings. The molecule has 6 aliphatic rings. The zero-order valence-corrected chi connectivity index (χ0v) is 21.0. The number of hydrogen-bond acceptors (Lipinski definition) is 9. The number of nitrogens with zero attached hydrogens (tertiary/aromatic N) is 1. The van der Waals surface area contributed by atoms with Gasteiger partial charge in [0.1, 0.15) is 11.6 Å². The highest BCUT2D eigenvalue weighted by Gasteiger charge is 2.55. The predicted octanol–water partition coefficient (Wildman–Crippen LogP) is 2.18. The van der Waals surface area contributed by atoms with Crippen molar-refractivity contribution in [1.29, 1.82) is 0 Å². The summed E-state index contributed by atoms with van der Waals surface area (Å²) in [6.07, 6.45) is 9.21. The third-order valence-electron chi connectivity index (χ3n) is 9.30. The Kier molecular flexibility index (Phi) is 7.66. The maximum absolute atomic E-state index is 12.1. The molecule has 198 valence electrons. The van der Waals surface area contributed by atoms with Gasteiger partial charge in [-0.15, -0.1) is 0 Å². The van der Waals surface area contributed by atoms with E-state index in [4.69, 9.17) is 18.9 Å². The molecule has 6 aliphatic heterocycles. The number of ketones is 2. The first-order valence-electron chi connectivity index (χ1n) is 13.5. The van der Waals surface area contributed by atoms with Crippen molar-refractivity contribution in [3.8, 4) is 0 Å². The number of piperidine rings is 2. The van der Waals surface area contributed by atoms with E-state index in [9.17, 15) is 14.8 Å². The first-order valence-corrected chi connectivity index (χ1v) is 13.5. The summed E-state index contributed by atoms with van der Waals surface area (Å²) in [4.78, 5) is 24.2. The van der Waals surface area contributed by atoms with Gasteiger partial charge in [0.05, 0.1) is 11.1 Å². The highest BCUT2D eigenvalue weighted by Crippen LogP contribution is 2.45. The molecule has 2 N–H and O–H groups in total. The lowest BCUT2D eigenvalue weighted by atomic mass is 9.71. The zero-order valence-electron chi connectivity index (χ0n) is 21.0. The number of carbonyl (C=O) groups excluding carboxylic acids is 2. The van der Waals surface area contributed by atoms with Crippen LogP contribution in [-0.4, -0.2) is 96.8 Å². The number of hydrogen-bond donors (Lipinski definition) is 2. The minimum atomic E-state index is -0.384. The molecule has 6 saturated heterocycles. The maximum Gasteiger partial charge on any atom is 0.136 e. The van der Waals surface area contributed by atoms with E-state index in [0.717, 1.165) is 77.8 Å². The summed E-state index contributed by atoms with van der Waals surface area (Å²) in [6, 6.07) is 0. The fourth-order valence-corrected chi connectivity index (χ4v) is 7.33. The average Bonchev–Trinajstić information content (AvgIpc) is 2.84. The lowest BCUT2D eigenvalue weighted by molar-refractivity contribution is -0.284. The van der Waals surface area contributed by atoms with Crippen LogP contribution in [0.2, 0.25) is 0 Å². The Hall–Kier alpha value is -0.940. The van der Waals surface area contributed by atoms with Crippen molar-refractivity contribution in [2.45, 2.75) is 99.2 Å². The molecular weight excluding hydrogens is 452 g/mol. The molecule has 0 atom stereocenters. The van der Waals surface area contributed by atoms with Crippen molar-refractivity contribution in [2.75, 3.05) is 52.9 Å². The van der Waals surface area contributed by atoms with Gasteiger partial charge < -0.3 is 29.5 Å². The largest absolute Gasteiger partial charge is 0.381 e. The summed E-state index contributed by atoms with van der Waals surface area (Å²) in [5.41, 5.74) is -0.730. The molecule has 9 nitrogen and oxygen atoms in total. The minimum absolute atomic E-state index is 0.0188. The van der Waals surface area contributed by atoms with Gasteiger partial charge in [-0.05, 0) is 51.4 Å². The summed E-state index contributed by atoms with van der Waals surface area (Å²) in [5, 5.41) is 16.1. The lowest BCUT2D eigenvalue weighted by Gasteiger charge is -2.56. The van der Waals surface area contributed by atoms with Crippen LogP contribution >= 0.6 is 0 Å². The van der Waals surface area contributed by atoms with Gasteiger partial charge in [-0.25, -0.2) is 0 Å². The topological polar surface area (TPSA) is 107 Å². The molecule has 35 heavy (non-hydrogen) atoms. The fraction of sp³-hybridized carbons (Fsp3) is 0.923. The number of ether oxygens (including phenoxy) is 4. The Balaban J connectivity index is 0.000000145. The van der Waals surface area contributed by atoms with Gasteiger partial charge in [0, 0.05) is 89.6 Å². The first-order chi connectivity index (χ1) is 16.9. The normalized spacial score (nSPS) is 31.9. The summed E-state index contributed by atoms with van der Waals surface area (Å²) >= 11 is 0. The van der Waals surface area contributed by atoms with Gasteiger partial charge >= 0.3 is 0 Å². The van der Waals surface area contributed by atoms with E-state index in [2.05, 4.69) is 5.32 Å². The molecule has 9 heteroatoms. The van der Waals surface area contributed by atoms with Gasteiger partial charge in [-0.1, -0.05) is 0 Å². The Morgan fingerprint density at radius 1 is 0.543 bits per heavy atom. The van der Waals surface area contributed by atoms with E-state index >= 15 is 0 Å². The standard InChI is InChI=1S/C13H21NO4.C13H21NO3/c15-11-9-12(1-5-17-6-2-12)14(16)13(10-11)3-7-18-8-4-13;15-11-9-12(1-5-16-6-2-12)14-13(10-11)3-7-17-8-4-13/h16H,1-10H2;14H,1-10H2. The minimum Gasteiger partial charge on any atom is -0.381 e. The number of nitrogens with one attached hydrogen (secondary N) is 1. The van der Waals surface area contributed by atoms with Crippen LogP contribution in [0.1, 0.15) is 77.0 Å². The molecule has 0 unspecified atom stereocenters. The predicted molar refractivity (Wildman–Crippen MR) is 126 cm³/mol. The number of carbonyl (C=O) groups is 2. The van der Waals surface area contributed by atoms with Crippen molar-refractivity contribution in [1.82, 2.24) is 10.4 Å². The SMILES string of the molecule is O=C1CC2(CCOCC2)N(O)C2(CCOCC2)C1.O=C1CC2(CCOCC2)NC2(CCOCC2)C1. The lowest BCUT2D eigenvalue weighted by Crippen LogP contribution is -2.67. The molecule has 6 fully saturated rings. The molecule has 4 spiro atoms. The Morgan fingerprint density at radius 3 is 1.23 bits per heavy atom. The van der Waals surface area contributed by atoms with E-state index in [-0.39, 0.29) is 27.9 Å². The van der Waals surface area contributed by atoms with Crippen LogP contribution in [0.5, 0.6) is 0 Å². The Morgan fingerprint density at radius 2 is 0.857 bits per heavy atom. The number of hydroxylamine groups is 2. The van der Waals surface area contributed by atoms with E-state index in [1.165, 1.54) is 5.06 Å². The van der Waals surface area contributed by atoms with Crippen LogP contribution in [0.25, 0.3) is 0 Å². The van der Waals surface area contributed by atoms with Gasteiger partial charge in [-0.2, -0.15) is 5.06 Å². The van der Waals surface area contributed by atoms with Crippen molar-refractivity contribution in [2.24, 2.45) is 0 Å². The summed E-state index contributed by atoms with van der Waals surface area (Å²) in [7, 11) is 0. The molecule has 6 heterocycles. The van der Waals surface area contributed by atoms with Gasteiger partial charge in [0.25, 0.3) is 0 Å². The summed E-state index contributed by atoms with van der Waals surface area (Å²) in [6.45, 7) is 5.68. The molecule has 0 aromatic heterocycles. The second-order valence-corrected chi connectivity index (χ2v) is 11.7. The Labute approximate surface area is 208 Å². The van der Waals surface area contributed by atoms with Gasteiger partial charge in [0.15, 0.2) is 0 Å². The van der Waals surface area contributed by atoms with Crippen molar-refractivity contribution in [3.05, 3.63) is 0 Å². The maximum atomic E-state index is 12.1. The smallest absolute Gasteiger partial charge is 0.136 e. The molecule has 0 aromatic carbocycles. The van der Waals surface area contributed by atoms with Gasteiger partial charge in [-0.3, -0.25) is 9.59 Å². The second kappa shape index (κ2) is 10.4. The van der Waals surface area contributed by atoms with E-state index < -0.39 is 0 Å². The van der Waals surface area contributed by atoms with Crippen molar-refractivity contribution >= 4 is 11.6 Å². The third-order valence-corrected chi connectivity index (χ3v) is 9.30.